The molecule has 0 radical (unpaired) electrons. The molecule has 1 aliphatic heterocycles. The molecule has 0 saturated heterocycles. The zero-order valence-electron chi connectivity index (χ0n) is 10.9. The number of rotatable bonds is 3. The molecule has 1 aliphatic rings. The molecule has 2 heterocycles. The first kappa shape index (κ1) is 12.5. The second-order valence-corrected chi connectivity index (χ2v) is 4.35. The number of aromatic nitrogens is 1. The van der Waals surface area contributed by atoms with Crippen molar-refractivity contribution in [3.05, 3.63) is 29.5 Å². The minimum atomic E-state index is -1.12. The van der Waals surface area contributed by atoms with Gasteiger partial charge in [-0.05, 0) is 18.6 Å². The molecule has 0 saturated carbocycles. The van der Waals surface area contributed by atoms with Gasteiger partial charge in [-0.3, -0.25) is 0 Å². The van der Waals surface area contributed by atoms with Gasteiger partial charge < -0.3 is 19.1 Å². The van der Waals surface area contributed by atoms with Gasteiger partial charge in [0.2, 0.25) is 0 Å². The van der Waals surface area contributed by atoms with E-state index in [1.54, 1.807) is 6.07 Å². The van der Waals surface area contributed by atoms with Crippen LogP contribution in [0.15, 0.2) is 22.7 Å². The standard InChI is InChI=1S/C14H13NO5/c1-2-8-9(12-7-10(14(16)17)15-20-12)3-4-11-13(8)19-6-5-18-11/h3-4,7H,2,5-6H2,1H3,(H,16,17). The van der Waals surface area contributed by atoms with E-state index >= 15 is 0 Å². The number of benzene rings is 1. The fourth-order valence-electron chi connectivity index (χ4n) is 2.26. The van der Waals surface area contributed by atoms with Crippen molar-refractivity contribution in [3.8, 4) is 22.8 Å². The summed E-state index contributed by atoms with van der Waals surface area (Å²) in [6, 6.07) is 5.04. The Bertz CT molecular complexity index is 662. The summed E-state index contributed by atoms with van der Waals surface area (Å²) < 4.78 is 16.3. The third-order valence-corrected chi connectivity index (χ3v) is 3.16. The molecule has 20 heavy (non-hydrogen) atoms. The van der Waals surface area contributed by atoms with Crippen molar-refractivity contribution in [3.63, 3.8) is 0 Å². The maximum atomic E-state index is 10.9. The molecule has 0 atom stereocenters. The van der Waals surface area contributed by atoms with E-state index in [1.807, 2.05) is 13.0 Å². The summed E-state index contributed by atoms with van der Waals surface area (Å²) >= 11 is 0. The Morgan fingerprint density at radius 3 is 2.85 bits per heavy atom. The Labute approximate surface area is 114 Å². The zero-order valence-corrected chi connectivity index (χ0v) is 10.9. The van der Waals surface area contributed by atoms with Gasteiger partial charge in [-0.15, -0.1) is 0 Å². The van der Waals surface area contributed by atoms with Gasteiger partial charge in [0.1, 0.15) is 13.2 Å². The fraction of sp³-hybridized carbons (Fsp3) is 0.286. The number of carboxylic acids is 1. The minimum absolute atomic E-state index is 0.114. The number of nitrogens with zero attached hydrogens (tertiary/aromatic N) is 1. The van der Waals surface area contributed by atoms with Crippen LogP contribution in [0.2, 0.25) is 0 Å². The number of hydrogen-bond acceptors (Lipinski definition) is 5. The lowest BCUT2D eigenvalue weighted by Crippen LogP contribution is -2.16. The molecule has 1 N–H and O–H groups in total. The number of hydrogen-bond donors (Lipinski definition) is 1. The molecule has 2 aromatic rings. The first-order valence-corrected chi connectivity index (χ1v) is 6.32. The summed E-state index contributed by atoms with van der Waals surface area (Å²) in [5.41, 5.74) is 1.59. The highest BCUT2D eigenvalue weighted by atomic mass is 16.6. The largest absolute Gasteiger partial charge is 0.486 e. The van der Waals surface area contributed by atoms with E-state index in [9.17, 15) is 4.79 Å². The summed E-state index contributed by atoms with van der Waals surface area (Å²) in [6.45, 7) is 3.02. The normalized spacial score (nSPS) is 13.2. The number of carbonyl (C=O) groups is 1. The van der Waals surface area contributed by atoms with Crippen LogP contribution < -0.4 is 9.47 Å². The van der Waals surface area contributed by atoms with Crippen LogP contribution in [0.3, 0.4) is 0 Å². The maximum Gasteiger partial charge on any atom is 0.358 e. The number of ether oxygens (including phenoxy) is 2. The Morgan fingerprint density at radius 1 is 1.35 bits per heavy atom. The van der Waals surface area contributed by atoms with Gasteiger partial charge in [0.05, 0.1) is 0 Å². The Morgan fingerprint density at radius 2 is 2.15 bits per heavy atom. The van der Waals surface area contributed by atoms with E-state index in [0.29, 0.717) is 36.9 Å². The highest BCUT2D eigenvalue weighted by Crippen LogP contribution is 2.40. The van der Waals surface area contributed by atoms with Crippen LogP contribution in [0.4, 0.5) is 0 Å². The number of aromatic carboxylic acids is 1. The molecule has 0 fully saturated rings. The summed E-state index contributed by atoms with van der Waals surface area (Å²) in [5.74, 6) is 0.700. The van der Waals surface area contributed by atoms with Crippen molar-refractivity contribution in [2.45, 2.75) is 13.3 Å². The van der Waals surface area contributed by atoms with Gasteiger partial charge in [0.25, 0.3) is 0 Å². The molecule has 6 heteroatoms. The van der Waals surface area contributed by atoms with Gasteiger partial charge in [0, 0.05) is 17.2 Å². The molecule has 104 valence electrons. The lowest BCUT2D eigenvalue weighted by molar-refractivity contribution is 0.0686. The lowest BCUT2D eigenvalue weighted by Gasteiger charge is -2.22. The van der Waals surface area contributed by atoms with Crippen molar-refractivity contribution in [2.24, 2.45) is 0 Å². The summed E-state index contributed by atoms with van der Waals surface area (Å²) in [5, 5.41) is 12.4. The maximum absolute atomic E-state index is 10.9. The van der Waals surface area contributed by atoms with Crippen LogP contribution in [-0.4, -0.2) is 29.4 Å². The van der Waals surface area contributed by atoms with Gasteiger partial charge in [-0.1, -0.05) is 12.1 Å². The van der Waals surface area contributed by atoms with Crippen LogP contribution in [0, 0.1) is 0 Å². The molecule has 0 bridgehead atoms. The minimum Gasteiger partial charge on any atom is -0.486 e. The molecular formula is C14H13NO5. The van der Waals surface area contributed by atoms with Crippen molar-refractivity contribution in [1.29, 1.82) is 0 Å². The third kappa shape index (κ3) is 1.99. The lowest BCUT2D eigenvalue weighted by atomic mass is 10.0. The Hall–Kier alpha value is -2.50. The first-order valence-electron chi connectivity index (χ1n) is 6.32. The van der Waals surface area contributed by atoms with Crippen LogP contribution in [0.25, 0.3) is 11.3 Å². The van der Waals surface area contributed by atoms with Crippen LogP contribution in [0.5, 0.6) is 11.5 Å². The molecule has 1 aromatic heterocycles. The van der Waals surface area contributed by atoms with E-state index in [0.717, 1.165) is 11.1 Å². The third-order valence-electron chi connectivity index (χ3n) is 3.16. The van der Waals surface area contributed by atoms with Crippen molar-refractivity contribution in [2.75, 3.05) is 13.2 Å². The molecule has 3 rings (SSSR count). The topological polar surface area (TPSA) is 81.8 Å². The van der Waals surface area contributed by atoms with Crippen LogP contribution in [-0.2, 0) is 6.42 Å². The quantitative estimate of drug-likeness (QED) is 0.926. The molecule has 0 aliphatic carbocycles. The molecule has 0 unspecified atom stereocenters. The van der Waals surface area contributed by atoms with E-state index in [1.165, 1.54) is 6.07 Å². The molecule has 1 aromatic carbocycles. The van der Waals surface area contributed by atoms with Crippen molar-refractivity contribution >= 4 is 5.97 Å². The predicted molar refractivity (Wildman–Crippen MR) is 69.3 cm³/mol. The SMILES string of the molecule is CCc1c(-c2cc(C(=O)O)no2)ccc2c1OCCO2. The molecule has 6 nitrogen and oxygen atoms in total. The van der Waals surface area contributed by atoms with Crippen molar-refractivity contribution in [1.82, 2.24) is 5.16 Å². The van der Waals surface area contributed by atoms with Gasteiger partial charge in [-0.2, -0.15) is 0 Å². The van der Waals surface area contributed by atoms with Crippen LogP contribution >= 0.6 is 0 Å². The van der Waals surface area contributed by atoms with E-state index < -0.39 is 5.97 Å². The van der Waals surface area contributed by atoms with Gasteiger partial charge in [-0.25, -0.2) is 4.79 Å². The number of fused-ring (bicyclic) bond motifs is 1. The monoisotopic (exact) mass is 275 g/mol. The Balaban J connectivity index is 2.10. The molecular weight excluding hydrogens is 262 g/mol. The van der Waals surface area contributed by atoms with E-state index in [2.05, 4.69) is 5.16 Å². The average Bonchev–Trinajstić information content (AvgIpc) is 2.95. The Kier molecular flexibility index (Phi) is 3.06. The zero-order chi connectivity index (χ0) is 14.1. The smallest absolute Gasteiger partial charge is 0.358 e. The fourth-order valence-corrected chi connectivity index (χ4v) is 2.26. The second kappa shape index (κ2) is 4.88. The van der Waals surface area contributed by atoms with Gasteiger partial charge in [0.15, 0.2) is 23.0 Å². The van der Waals surface area contributed by atoms with Gasteiger partial charge >= 0.3 is 5.97 Å². The average molecular weight is 275 g/mol. The number of carboxylic acid groups (broad SMARTS) is 1. The summed E-state index contributed by atoms with van der Waals surface area (Å²) in [6.07, 6.45) is 0.713. The molecule has 0 spiro atoms. The van der Waals surface area contributed by atoms with E-state index in [-0.39, 0.29) is 5.69 Å². The molecule has 0 amide bonds. The summed E-state index contributed by atoms with van der Waals surface area (Å²) in [4.78, 5) is 10.9. The highest BCUT2D eigenvalue weighted by Gasteiger charge is 2.21. The summed E-state index contributed by atoms with van der Waals surface area (Å²) in [7, 11) is 0. The van der Waals surface area contributed by atoms with Crippen LogP contribution in [0.1, 0.15) is 23.0 Å². The van der Waals surface area contributed by atoms with E-state index in [4.69, 9.17) is 19.1 Å². The first-order chi connectivity index (χ1) is 9.70. The second-order valence-electron chi connectivity index (χ2n) is 4.35. The van der Waals surface area contributed by atoms with Crippen molar-refractivity contribution < 1.29 is 23.9 Å². The highest BCUT2D eigenvalue weighted by molar-refractivity contribution is 5.86. The predicted octanol–water partition coefficient (Wildman–Crippen LogP) is 2.37.